The molecule has 8 heteroatoms. The second-order valence-corrected chi connectivity index (χ2v) is 9.97. The van der Waals surface area contributed by atoms with Crippen molar-refractivity contribution in [3.63, 3.8) is 0 Å². The first-order valence-corrected chi connectivity index (χ1v) is 13.0. The summed E-state index contributed by atoms with van der Waals surface area (Å²) in [7, 11) is 0. The van der Waals surface area contributed by atoms with Crippen LogP contribution in [0.3, 0.4) is 0 Å². The number of benzene rings is 3. The molecule has 7 nitrogen and oxygen atoms in total. The Bertz CT molecular complexity index is 1760. The van der Waals surface area contributed by atoms with Crippen LogP contribution < -0.4 is 5.43 Å². The molecule has 186 valence electrons. The summed E-state index contributed by atoms with van der Waals surface area (Å²) in [6, 6.07) is 29.9. The number of aromatic nitrogens is 4. The Morgan fingerprint density at radius 3 is 2.29 bits per heavy atom. The number of hydrazone groups is 1. The van der Waals surface area contributed by atoms with E-state index in [1.54, 1.807) is 6.21 Å². The van der Waals surface area contributed by atoms with E-state index in [1.165, 1.54) is 16.9 Å². The van der Waals surface area contributed by atoms with Crippen LogP contribution in [0.2, 0.25) is 0 Å². The van der Waals surface area contributed by atoms with Crippen molar-refractivity contribution >= 4 is 33.7 Å². The van der Waals surface area contributed by atoms with E-state index in [-0.39, 0.29) is 5.91 Å². The molecule has 0 atom stereocenters. The Hall–Kier alpha value is -4.82. The molecular formula is C30H24N6OS. The summed E-state index contributed by atoms with van der Waals surface area (Å²) in [5.74, 6) is -0.270. The third-order valence-corrected chi connectivity index (χ3v) is 7.34. The molecule has 3 aromatic carbocycles. The molecule has 0 aliphatic carbocycles. The van der Waals surface area contributed by atoms with Crippen molar-refractivity contribution in [2.24, 2.45) is 5.10 Å². The number of rotatable bonds is 6. The lowest BCUT2D eigenvalue weighted by Crippen LogP contribution is -2.16. The summed E-state index contributed by atoms with van der Waals surface area (Å²) >= 11 is 1.39. The first-order valence-electron chi connectivity index (χ1n) is 12.2. The molecule has 0 spiro atoms. The van der Waals surface area contributed by atoms with E-state index >= 15 is 0 Å². The number of para-hydroxylation sites is 2. The lowest BCUT2D eigenvalue weighted by atomic mass is 10.1. The molecule has 0 saturated heterocycles. The van der Waals surface area contributed by atoms with Gasteiger partial charge in [-0.15, -0.1) is 11.3 Å². The molecule has 1 amide bonds. The van der Waals surface area contributed by atoms with Gasteiger partial charge in [0.2, 0.25) is 0 Å². The smallest absolute Gasteiger partial charge is 0.266 e. The summed E-state index contributed by atoms with van der Waals surface area (Å²) < 4.78 is 3.70. The first-order chi connectivity index (χ1) is 18.6. The molecule has 6 aromatic rings. The molecule has 0 radical (unpaired) electrons. The number of amides is 1. The van der Waals surface area contributed by atoms with Gasteiger partial charge in [0.15, 0.2) is 0 Å². The van der Waals surface area contributed by atoms with Gasteiger partial charge in [-0.05, 0) is 44.2 Å². The molecular weight excluding hydrogens is 492 g/mol. The van der Waals surface area contributed by atoms with E-state index in [0.717, 1.165) is 44.1 Å². The molecule has 3 heterocycles. The maximum Gasteiger partial charge on any atom is 0.281 e. The van der Waals surface area contributed by atoms with E-state index in [1.807, 2.05) is 101 Å². The maximum absolute atomic E-state index is 13.0. The molecule has 0 bridgehead atoms. The van der Waals surface area contributed by atoms with Crippen LogP contribution in [0.1, 0.15) is 26.5 Å². The molecule has 6 rings (SSSR count). The number of thiophene rings is 1. The van der Waals surface area contributed by atoms with Crippen LogP contribution in [0, 0.1) is 13.8 Å². The SMILES string of the molecule is Cc1ccc(-c2nn(-c3ccccc3)cc2/C=N/NC(=O)c2cc3c(C)nn(-c4ccccc4)c3s2)cc1. The average molecular weight is 517 g/mol. The van der Waals surface area contributed by atoms with Gasteiger partial charge in [0.25, 0.3) is 5.91 Å². The maximum atomic E-state index is 13.0. The lowest BCUT2D eigenvalue weighted by Gasteiger charge is -2.01. The zero-order chi connectivity index (χ0) is 26.1. The Labute approximate surface area is 223 Å². The number of fused-ring (bicyclic) bond motifs is 1. The monoisotopic (exact) mass is 516 g/mol. The molecule has 38 heavy (non-hydrogen) atoms. The van der Waals surface area contributed by atoms with Crippen LogP contribution in [0.4, 0.5) is 0 Å². The second kappa shape index (κ2) is 9.91. The van der Waals surface area contributed by atoms with E-state index < -0.39 is 0 Å². The molecule has 3 aromatic heterocycles. The largest absolute Gasteiger partial charge is 0.281 e. The highest BCUT2D eigenvalue weighted by Gasteiger charge is 2.17. The predicted octanol–water partition coefficient (Wildman–Crippen LogP) is 6.32. The summed E-state index contributed by atoms with van der Waals surface area (Å²) in [6.07, 6.45) is 3.56. The third-order valence-electron chi connectivity index (χ3n) is 6.23. The number of aryl methyl sites for hydroxylation is 2. The number of hydrogen-bond acceptors (Lipinski definition) is 5. The first kappa shape index (κ1) is 23.6. The highest BCUT2D eigenvalue weighted by molar-refractivity contribution is 7.20. The minimum absolute atomic E-state index is 0.270. The zero-order valence-electron chi connectivity index (χ0n) is 20.9. The third kappa shape index (κ3) is 4.53. The summed E-state index contributed by atoms with van der Waals surface area (Å²) in [6.45, 7) is 4.00. The van der Waals surface area contributed by atoms with Crippen molar-refractivity contribution in [1.29, 1.82) is 0 Å². The fraction of sp³-hybridized carbons (Fsp3) is 0.0667. The van der Waals surface area contributed by atoms with Gasteiger partial charge in [-0.2, -0.15) is 15.3 Å². The van der Waals surface area contributed by atoms with Gasteiger partial charge >= 0.3 is 0 Å². The number of nitrogens with zero attached hydrogens (tertiary/aromatic N) is 5. The van der Waals surface area contributed by atoms with E-state index in [9.17, 15) is 4.79 Å². The highest BCUT2D eigenvalue weighted by atomic mass is 32.1. The van der Waals surface area contributed by atoms with Crippen LogP contribution >= 0.6 is 11.3 Å². The van der Waals surface area contributed by atoms with Crippen LogP contribution in [0.25, 0.3) is 32.8 Å². The van der Waals surface area contributed by atoms with Crippen LogP contribution in [0.15, 0.2) is 102 Å². The summed E-state index contributed by atoms with van der Waals surface area (Å²) in [5, 5.41) is 14.7. The van der Waals surface area contributed by atoms with Gasteiger partial charge in [0.1, 0.15) is 10.5 Å². The van der Waals surface area contributed by atoms with Crippen molar-refractivity contribution in [2.45, 2.75) is 13.8 Å². The fourth-order valence-electron chi connectivity index (χ4n) is 4.25. The molecule has 1 N–H and O–H groups in total. The molecule has 0 aliphatic rings. The highest BCUT2D eigenvalue weighted by Crippen LogP contribution is 2.30. The van der Waals surface area contributed by atoms with Crippen molar-refractivity contribution in [3.8, 4) is 22.6 Å². The van der Waals surface area contributed by atoms with Crippen LogP contribution in [-0.2, 0) is 0 Å². The Kier molecular flexibility index (Phi) is 6.15. The normalized spacial score (nSPS) is 11.4. The van der Waals surface area contributed by atoms with Crippen molar-refractivity contribution in [1.82, 2.24) is 25.0 Å². The van der Waals surface area contributed by atoms with Gasteiger partial charge in [-0.1, -0.05) is 66.2 Å². The zero-order valence-corrected chi connectivity index (χ0v) is 21.7. The molecule has 0 saturated carbocycles. The molecule has 0 aliphatic heterocycles. The quantitative estimate of drug-likeness (QED) is 0.208. The Morgan fingerprint density at radius 1 is 0.895 bits per heavy atom. The van der Waals surface area contributed by atoms with E-state index in [2.05, 4.69) is 34.7 Å². The second-order valence-electron chi connectivity index (χ2n) is 8.94. The molecule has 0 fully saturated rings. The lowest BCUT2D eigenvalue weighted by molar-refractivity contribution is 0.0959. The number of nitrogens with one attached hydrogen (secondary N) is 1. The fourth-order valence-corrected chi connectivity index (χ4v) is 5.32. The van der Waals surface area contributed by atoms with Crippen molar-refractivity contribution < 1.29 is 4.79 Å². The topological polar surface area (TPSA) is 77.1 Å². The Balaban J connectivity index is 1.28. The number of hydrogen-bond donors (Lipinski definition) is 1. The minimum atomic E-state index is -0.270. The average Bonchev–Trinajstić information content (AvgIpc) is 3.65. The standard InChI is InChI=1S/C30H24N6OS/c1-20-13-15-22(16-14-20)28-23(19-35(34-28)24-9-5-3-6-10-24)18-31-32-29(37)27-17-26-21(2)33-36(30(26)38-27)25-11-7-4-8-12-25/h3-19H,1-2H3,(H,32,37)/b31-18+. The molecule has 0 unspecified atom stereocenters. The summed E-state index contributed by atoms with van der Waals surface area (Å²) in [5.41, 5.74) is 9.19. The van der Waals surface area contributed by atoms with Gasteiger partial charge in [0.05, 0.1) is 28.2 Å². The Morgan fingerprint density at radius 2 is 1.58 bits per heavy atom. The van der Waals surface area contributed by atoms with Crippen LogP contribution in [0.5, 0.6) is 0 Å². The number of carbonyl (C=O) groups excluding carboxylic acids is 1. The predicted molar refractivity (Wildman–Crippen MR) is 152 cm³/mol. The van der Waals surface area contributed by atoms with Crippen LogP contribution in [-0.4, -0.2) is 31.7 Å². The van der Waals surface area contributed by atoms with Crippen molar-refractivity contribution in [2.75, 3.05) is 0 Å². The van der Waals surface area contributed by atoms with E-state index in [0.29, 0.717) is 4.88 Å². The minimum Gasteiger partial charge on any atom is -0.266 e. The van der Waals surface area contributed by atoms with Gasteiger partial charge in [-0.25, -0.2) is 14.8 Å². The van der Waals surface area contributed by atoms with Gasteiger partial charge in [0, 0.05) is 22.7 Å². The van der Waals surface area contributed by atoms with Crippen molar-refractivity contribution in [3.05, 3.63) is 119 Å². The van der Waals surface area contributed by atoms with E-state index in [4.69, 9.17) is 5.10 Å². The summed E-state index contributed by atoms with van der Waals surface area (Å²) in [4.78, 5) is 14.5. The van der Waals surface area contributed by atoms with Gasteiger partial charge in [-0.3, -0.25) is 4.79 Å². The van der Waals surface area contributed by atoms with Gasteiger partial charge < -0.3 is 0 Å². The number of carbonyl (C=O) groups is 1.